The second-order valence-corrected chi connectivity index (χ2v) is 5.61. The summed E-state index contributed by atoms with van der Waals surface area (Å²) in [4.78, 5) is 11.7. The zero-order chi connectivity index (χ0) is 14.2. The molecule has 3 nitrogen and oxygen atoms in total. The van der Waals surface area contributed by atoms with Gasteiger partial charge in [0, 0.05) is 21.7 Å². The average molecular weight is 354 g/mol. The Hall–Kier alpha value is -1.28. The third kappa shape index (κ3) is 3.01. The monoisotopic (exact) mass is 353 g/mol. The van der Waals surface area contributed by atoms with Crippen molar-refractivity contribution in [1.29, 1.82) is 0 Å². The van der Waals surface area contributed by atoms with E-state index in [0.29, 0.717) is 0 Å². The maximum Gasteiger partial charge on any atom is 0.418 e. The van der Waals surface area contributed by atoms with Crippen molar-refractivity contribution in [3.8, 4) is 0 Å². The second-order valence-electron chi connectivity index (χ2n) is 3.75. The van der Waals surface area contributed by atoms with Crippen LogP contribution in [0.3, 0.4) is 0 Å². The molecule has 0 radical (unpaired) electrons. The molecule has 0 aromatic carbocycles. The van der Waals surface area contributed by atoms with Gasteiger partial charge in [-0.3, -0.25) is 0 Å². The van der Waals surface area contributed by atoms with E-state index in [1.807, 2.05) is 0 Å². The molecule has 2 heterocycles. The van der Waals surface area contributed by atoms with Gasteiger partial charge in [-0.25, -0.2) is 4.79 Å². The molecule has 0 spiro atoms. The first-order valence-corrected chi connectivity index (χ1v) is 6.68. The van der Waals surface area contributed by atoms with Crippen LogP contribution >= 0.6 is 27.3 Å². The quantitative estimate of drug-likeness (QED) is 0.903. The van der Waals surface area contributed by atoms with Crippen LogP contribution < -0.4 is 0 Å². The largest absolute Gasteiger partial charge is 0.478 e. The third-order valence-corrected chi connectivity index (χ3v) is 4.34. The Morgan fingerprint density at radius 3 is 2.53 bits per heavy atom. The van der Waals surface area contributed by atoms with E-state index in [-0.39, 0.29) is 6.54 Å². The molecule has 2 rings (SSSR count). The molecule has 1 N–H and O–H groups in total. The van der Waals surface area contributed by atoms with Gasteiger partial charge in [0.25, 0.3) is 0 Å². The average Bonchev–Trinajstić information content (AvgIpc) is 2.86. The molecule has 0 unspecified atom stereocenters. The van der Waals surface area contributed by atoms with Gasteiger partial charge >= 0.3 is 12.1 Å². The maximum absolute atomic E-state index is 12.7. The number of rotatable bonds is 3. The summed E-state index contributed by atoms with van der Waals surface area (Å²) in [6, 6.07) is 1.78. The van der Waals surface area contributed by atoms with Crippen molar-refractivity contribution in [3.63, 3.8) is 0 Å². The summed E-state index contributed by atoms with van der Waals surface area (Å²) in [6.07, 6.45) is -2.86. The highest BCUT2D eigenvalue weighted by molar-refractivity contribution is 9.10. The molecule has 0 aliphatic heterocycles. The number of thiophene rings is 1. The predicted molar refractivity (Wildman–Crippen MR) is 67.5 cm³/mol. The van der Waals surface area contributed by atoms with Crippen LogP contribution in [0.4, 0.5) is 13.2 Å². The highest BCUT2D eigenvalue weighted by Crippen LogP contribution is 2.33. The van der Waals surface area contributed by atoms with E-state index >= 15 is 0 Å². The first-order chi connectivity index (χ1) is 8.79. The van der Waals surface area contributed by atoms with Gasteiger partial charge in [-0.1, -0.05) is 0 Å². The molecule has 2 aromatic heterocycles. The minimum Gasteiger partial charge on any atom is -0.478 e. The van der Waals surface area contributed by atoms with Crippen LogP contribution in [-0.2, 0) is 12.7 Å². The number of aromatic nitrogens is 1. The SMILES string of the molecule is O=C(O)c1cn(Cc2sccc2Br)cc1C(F)(F)F. The molecule has 0 fully saturated rings. The number of nitrogens with zero attached hydrogens (tertiary/aromatic N) is 1. The van der Waals surface area contributed by atoms with Gasteiger partial charge in [0.15, 0.2) is 0 Å². The summed E-state index contributed by atoms with van der Waals surface area (Å²) < 4.78 is 40.1. The van der Waals surface area contributed by atoms with Gasteiger partial charge in [-0.15, -0.1) is 11.3 Å². The molecular weight excluding hydrogens is 347 g/mol. The van der Waals surface area contributed by atoms with E-state index in [4.69, 9.17) is 5.11 Å². The van der Waals surface area contributed by atoms with Crippen molar-refractivity contribution in [2.24, 2.45) is 0 Å². The van der Waals surface area contributed by atoms with Crippen LogP contribution in [0.1, 0.15) is 20.8 Å². The van der Waals surface area contributed by atoms with Crippen LogP contribution in [0.25, 0.3) is 0 Å². The number of carboxylic acids is 1. The van der Waals surface area contributed by atoms with Crippen molar-refractivity contribution in [2.45, 2.75) is 12.7 Å². The number of halogens is 4. The summed E-state index contributed by atoms with van der Waals surface area (Å²) in [6.45, 7) is 0.189. The minimum absolute atomic E-state index is 0.189. The highest BCUT2D eigenvalue weighted by atomic mass is 79.9. The van der Waals surface area contributed by atoms with E-state index in [0.717, 1.165) is 21.7 Å². The van der Waals surface area contributed by atoms with Gasteiger partial charge in [0.2, 0.25) is 0 Å². The summed E-state index contributed by atoms with van der Waals surface area (Å²) in [5, 5.41) is 10.6. The zero-order valence-corrected chi connectivity index (χ0v) is 11.6. The Bertz CT molecular complexity index is 618. The summed E-state index contributed by atoms with van der Waals surface area (Å²) in [5.74, 6) is -1.59. The van der Waals surface area contributed by atoms with Crippen molar-refractivity contribution < 1.29 is 23.1 Å². The lowest BCUT2D eigenvalue weighted by Crippen LogP contribution is -2.09. The van der Waals surface area contributed by atoms with Crippen LogP contribution in [0, 0.1) is 0 Å². The van der Waals surface area contributed by atoms with Crippen LogP contribution in [-0.4, -0.2) is 15.6 Å². The molecule has 19 heavy (non-hydrogen) atoms. The summed E-state index contributed by atoms with van der Waals surface area (Å²) >= 11 is 4.66. The normalized spacial score (nSPS) is 11.8. The Morgan fingerprint density at radius 2 is 2.11 bits per heavy atom. The van der Waals surface area contributed by atoms with Crippen molar-refractivity contribution >= 4 is 33.2 Å². The van der Waals surface area contributed by atoms with E-state index < -0.39 is 23.3 Å². The van der Waals surface area contributed by atoms with Crippen LogP contribution in [0.15, 0.2) is 28.3 Å². The molecule has 0 bridgehead atoms. The van der Waals surface area contributed by atoms with E-state index in [1.54, 1.807) is 11.4 Å². The second kappa shape index (κ2) is 5.01. The van der Waals surface area contributed by atoms with Crippen molar-refractivity contribution in [2.75, 3.05) is 0 Å². The first kappa shape index (κ1) is 14.1. The number of carboxylic acid groups (broad SMARTS) is 1. The summed E-state index contributed by atoms with van der Waals surface area (Å²) in [5.41, 5.74) is -1.87. The number of hydrogen-bond donors (Lipinski definition) is 1. The molecule has 0 atom stereocenters. The van der Waals surface area contributed by atoms with Gasteiger partial charge in [0.05, 0.1) is 17.7 Å². The molecule has 8 heteroatoms. The molecule has 0 aliphatic rings. The fourth-order valence-corrected chi connectivity index (χ4v) is 3.08. The van der Waals surface area contributed by atoms with E-state index in [9.17, 15) is 18.0 Å². The van der Waals surface area contributed by atoms with Crippen molar-refractivity contribution in [1.82, 2.24) is 4.57 Å². The molecule has 0 saturated heterocycles. The Balaban J connectivity index is 2.39. The molecule has 102 valence electrons. The topological polar surface area (TPSA) is 42.2 Å². The Labute approximate surface area is 118 Å². The number of aromatic carboxylic acids is 1. The fraction of sp³-hybridized carbons (Fsp3) is 0.182. The number of alkyl halides is 3. The van der Waals surface area contributed by atoms with Gasteiger partial charge < -0.3 is 9.67 Å². The number of carbonyl (C=O) groups is 1. The molecule has 2 aromatic rings. The van der Waals surface area contributed by atoms with Gasteiger partial charge in [0.1, 0.15) is 0 Å². The maximum atomic E-state index is 12.7. The molecule has 0 saturated carbocycles. The van der Waals surface area contributed by atoms with Gasteiger partial charge in [-0.2, -0.15) is 13.2 Å². The third-order valence-electron chi connectivity index (χ3n) is 2.43. The highest BCUT2D eigenvalue weighted by Gasteiger charge is 2.37. The van der Waals surface area contributed by atoms with Crippen LogP contribution in [0.2, 0.25) is 0 Å². The van der Waals surface area contributed by atoms with E-state index in [1.165, 1.54) is 15.9 Å². The smallest absolute Gasteiger partial charge is 0.418 e. The lowest BCUT2D eigenvalue weighted by Gasteiger charge is -2.04. The molecule has 0 amide bonds. The van der Waals surface area contributed by atoms with Crippen molar-refractivity contribution in [3.05, 3.63) is 44.3 Å². The van der Waals surface area contributed by atoms with E-state index in [2.05, 4.69) is 15.9 Å². The molecule has 0 aliphatic carbocycles. The van der Waals surface area contributed by atoms with Crippen LogP contribution in [0.5, 0.6) is 0 Å². The first-order valence-electron chi connectivity index (χ1n) is 5.01. The zero-order valence-electron chi connectivity index (χ0n) is 9.24. The Morgan fingerprint density at radius 1 is 1.42 bits per heavy atom. The Kier molecular flexibility index (Phi) is 3.73. The fourth-order valence-electron chi connectivity index (χ4n) is 1.60. The molecular formula is C11H7BrF3NO2S. The standard InChI is InChI=1S/C11H7BrF3NO2S/c12-8-1-2-19-9(8)5-16-3-6(10(17)18)7(4-16)11(13,14)15/h1-4H,5H2,(H,17,18). The summed E-state index contributed by atoms with van der Waals surface area (Å²) in [7, 11) is 0. The minimum atomic E-state index is -4.67. The number of hydrogen-bond acceptors (Lipinski definition) is 2. The predicted octanol–water partition coefficient (Wildman–Crippen LogP) is 4.08. The lowest BCUT2D eigenvalue weighted by atomic mass is 10.2. The van der Waals surface area contributed by atoms with Gasteiger partial charge in [-0.05, 0) is 27.4 Å². The lowest BCUT2D eigenvalue weighted by molar-refractivity contribution is -0.138.